The van der Waals surface area contributed by atoms with Gasteiger partial charge in [-0.05, 0) is 58.7 Å². The molecule has 0 spiro atoms. The maximum Gasteiger partial charge on any atom is 0.260 e. The molecule has 0 aromatic heterocycles. The third kappa shape index (κ3) is 7.42. The van der Waals surface area contributed by atoms with E-state index in [1.807, 2.05) is 68.9 Å². The van der Waals surface area contributed by atoms with Gasteiger partial charge in [0.2, 0.25) is 0 Å². The Hall–Kier alpha value is -6.56. The van der Waals surface area contributed by atoms with Crippen LogP contribution in [0.4, 0.5) is 11.4 Å². The SMILES string of the molecule is CC.COc1ccc(C2=CN3C(=O)c4cc(OC)c(OCCCOc5cc6c(cc5OC)C(=O)N5C=C(c7ccc(O)cc7)CC5C=N6)cc4N=CC3C2)cc1. The maximum absolute atomic E-state index is 13.7. The van der Waals surface area contributed by atoms with Crippen molar-refractivity contribution in [2.24, 2.45) is 9.98 Å². The van der Waals surface area contributed by atoms with Gasteiger partial charge in [-0.1, -0.05) is 38.1 Å². The van der Waals surface area contributed by atoms with Gasteiger partial charge in [-0.2, -0.15) is 0 Å². The van der Waals surface area contributed by atoms with Gasteiger partial charge in [-0.15, -0.1) is 0 Å². The second-order valence-electron chi connectivity index (χ2n) is 13.2. The predicted octanol–water partition coefficient (Wildman–Crippen LogP) is 8.24. The number of rotatable bonds is 11. The maximum atomic E-state index is 13.7. The molecule has 4 aromatic rings. The zero-order chi connectivity index (χ0) is 39.3. The summed E-state index contributed by atoms with van der Waals surface area (Å²) in [5.74, 6) is 2.39. The van der Waals surface area contributed by atoms with E-state index in [4.69, 9.17) is 28.7 Å². The second kappa shape index (κ2) is 16.4. The molecule has 0 saturated heterocycles. The zero-order valence-electron chi connectivity index (χ0n) is 32.0. The predicted molar refractivity (Wildman–Crippen MR) is 215 cm³/mol. The minimum Gasteiger partial charge on any atom is -0.508 e. The molecule has 12 nitrogen and oxygen atoms in total. The molecule has 4 aliphatic heterocycles. The fraction of sp³-hybridized carbons (Fsp3) is 0.273. The van der Waals surface area contributed by atoms with E-state index in [9.17, 15) is 14.7 Å². The highest BCUT2D eigenvalue weighted by Crippen LogP contribution is 2.42. The Morgan fingerprint density at radius 1 is 0.625 bits per heavy atom. The third-order valence-corrected chi connectivity index (χ3v) is 9.93. The Labute approximate surface area is 326 Å². The Morgan fingerprint density at radius 2 is 1.07 bits per heavy atom. The van der Waals surface area contributed by atoms with Crippen molar-refractivity contribution in [2.75, 3.05) is 34.5 Å². The normalized spacial score (nSPS) is 17.6. The van der Waals surface area contributed by atoms with Crippen molar-refractivity contribution < 1.29 is 38.4 Å². The molecule has 0 aliphatic carbocycles. The molecule has 0 saturated carbocycles. The van der Waals surface area contributed by atoms with Crippen molar-refractivity contribution in [3.05, 3.63) is 107 Å². The molecule has 8 rings (SSSR count). The van der Waals surface area contributed by atoms with Crippen molar-refractivity contribution in [3.63, 3.8) is 0 Å². The van der Waals surface area contributed by atoms with E-state index in [1.54, 1.807) is 59.5 Å². The molecule has 56 heavy (non-hydrogen) atoms. The minimum atomic E-state index is -0.234. The van der Waals surface area contributed by atoms with Crippen LogP contribution in [0.5, 0.6) is 34.5 Å². The first-order chi connectivity index (χ1) is 27.3. The molecule has 0 bridgehead atoms. The van der Waals surface area contributed by atoms with Crippen LogP contribution >= 0.6 is 0 Å². The smallest absolute Gasteiger partial charge is 0.260 e. The number of carbonyl (C=O) groups excluding carboxylic acids is 2. The van der Waals surface area contributed by atoms with Crippen LogP contribution in [0.25, 0.3) is 11.1 Å². The van der Waals surface area contributed by atoms with Gasteiger partial charge >= 0.3 is 0 Å². The number of ether oxygens (including phenoxy) is 5. The standard InChI is InChI=1S/C42H38N4O8.C2H6/c1-50-32-11-7-26(8-12-32)28-16-30-22-44-36-20-40(38(52-3)18-34(36)42(49)46(30)24-28)54-14-4-13-53-39-19-35-33(17-37(39)51-2)41(48)45-23-27(15-29(45)21-43-35)25-5-9-31(47)10-6-25;1-2/h5-12,17-24,29-30,47H,4,13-16H2,1-3H3;1-2H3. The van der Waals surface area contributed by atoms with E-state index in [0.717, 1.165) is 28.0 Å². The molecule has 4 heterocycles. The summed E-state index contributed by atoms with van der Waals surface area (Å²) >= 11 is 0. The first kappa shape index (κ1) is 37.7. The van der Waals surface area contributed by atoms with Crippen molar-refractivity contribution in [2.45, 2.75) is 45.2 Å². The molecule has 12 heteroatoms. The van der Waals surface area contributed by atoms with Crippen molar-refractivity contribution >= 4 is 46.8 Å². The zero-order valence-corrected chi connectivity index (χ0v) is 32.0. The summed E-state index contributed by atoms with van der Waals surface area (Å²) in [7, 11) is 4.70. The van der Waals surface area contributed by atoms with Gasteiger partial charge in [0.05, 0.1) is 69.1 Å². The van der Waals surface area contributed by atoms with Gasteiger partial charge < -0.3 is 38.6 Å². The van der Waals surface area contributed by atoms with Crippen LogP contribution in [0, 0.1) is 0 Å². The number of methoxy groups -OCH3 is 3. The summed E-state index contributed by atoms with van der Waals surface area (Å²) < 4.78 is 28.8. The molecule has 2 amide bonds. The minimum absolute atomic E-state index is 0.161. The highest BCUT2D eigenvalue weighted by atomic mass is 16.5. The van der Waals surface area contributed by atoms with Gasteiger partial charge in [0.25, 0.3) is 11.8 Å². The average molecular weight is 757 g/mol. The topological polar surface area (TPSA) is 132 Å². The number of nitrogens with zero attached hydrogens (tertiary/aromatic N) is 4. The number of fused-ring (bicyclic) bond motifs is 4. The van der Waals surface area contributed by atoms with Crippen molar-refractivity contribution in [1.82, 2.24) is 9.80 Å². The summed E-state index contributed by atoms with van der Waals surface area (Å²) in [6, 6.07) is 21.1. The van der Waals surface area contributed by atoms with Crippen molar-refractivity contribution in [3.8, 4) is 34.5 Å². The molecule has 4 aliphatic rings. The van der Waals surface area contributed by atoms with E-state index in [-0.39, 0.29) is 29.6 Å². The summed E-state index contributed by atoms with van der Waals surface area (Å²) in [4.78, 5) is 40.2. The summed E-state index contributed by atoms with van der Waals surface area (Å²) in [6.45, 7) is 4.59. The van der Waals surface area contributed by atoms with Crippen LogP contribution in [0.3, 0.4) is 0 Å². The molecule has 288 valence electrons. The molecular formula is C44H44N4O8. The largest absolute Gasteiger partial charge is 0.508 e. The van der Waals surface area contributed by atoms with Crippen LogP contribution < -0.4 is 23.7 Å². The highest BCUT2D eigenvalue weighted by Gasteiger charge is 2.35. The van der Waals surface area contributed by atoms with Crippen LogP contribution in [0.2, 0.25) is 0 Å². The first-order valence-corrected chi connectivity index (χ1v) is 18.6. The number of aromatic hydroxyl groups is 1. The second-order valence-corrected chi connectivity index (χ2v) is 13.2. The molecule has 2 atom stereocenters. The Morgan fingerprint density at radius 3 is 1.50 bits per heavy atom. The molecule has 1 N–H and O–H groups in total. The summed E-state index contributed by atoms with van der Waals surface area (Å²) in [5.41, 5.74) is 5.85. The fourth-order valence-electron chi connectivity index (χ4n) is 7.05. The lowest BCUT2D eigenvalue weighted by molar-refractivity contribution is 0.0809. The van der Waals surface area contributed by atoms with Gasteiger partial charge in [-0.25, -0.2) is 0 Å². The molecule has 4 aromatic carbocycles. The summed E-state index contributed by atoms with van der Waals surface area (Å²) in [5, 5.41) is 9.67. The molecule has 0 radical (unpaired) electrons. The van der Waals surface area contributed by atoms with Crippen LogP contribution in [-0.2, 0) is 0 Å². The number of hydrogen-bond acceptors (Lipinski definition) is 10. The van der Waals surface area contributed by atoms with Crippen LogP contribution in [-0.4, -0.2) is 85.8 Å². The van der Waals surface area contributed by atoms with Gasteiger partial charge in [0, 0.05) is 56.2 Å². The Balaban J connectivity index is 0.00000237. The first-order valence-electron chi connectivity index (χ1n) is 18.6. The lowest BCUT2D eigenvalue weighted by Gasteiger charge is -2.19. The van der Waals surface area contributed by atoms with Gasteiger partial charge in [-0.3, -0.25) is 19.6 Å². The lowest BCUT2D eigenvalue weighted by Crippen LogP contribution is -2.32. The van der Waals surface area contributed by atoms with Gasteiger partial charge in [0.1, 0.15) is 11.5 Å². The number of benzene rings is 4. The van der Waals surface area contributed by atoms with Crippen LogP contribution in [0.15, 0.2) is 95.2 Å². The van der Waals surface area contributed by atoms with E-state index in [2.05, 4.69) is 4.99 Å². The highest BCUT2D eigenvalue weighted by molar-refractivity contribution is 6.06. The average Bonchev–Trinajstić information content (AvgIpc) is 3.81. The number of amides is 2. The number of hydrogen-bond donors (Lipinski definition) is 1. The van der Waals surface area contributed by atoms with E-state index < -0.39 is 0 Å². The number of phenols is 1. The number of phenolic OH excluding ortho intramolecular Hbond substituents is 1. The number of carbonyl (C=O) groups is 2. The van der Waals surface area contributed by atoms with E-state index >= 15 is 0 Å². The number of aliphatic imine (C=N–C) groups is 2. The quantitative estimate of drug-likeness (QED) is 0.152. The fourth-order valence-corrected chi connectivity index (χ4v) is 7.05. The molecular weight excluding hydrogens is 713 g/mol. The van der Waals surface area contributed by atoms with Gasteiger partial charge in [0.15, 0.2) is 23.0 Å². The van der Waals surface area contributed by atoms with E-state index in [0.29, 0.717) is 78.0 Å². The van der Waals surface area contributed by atoms with Crippen molar-refractivity contribution in [1.29, 1.82) is 0 Å². The van der Waals surface area contributed by atoms with E-state index in [1.165, 1.54) is 14.2 Å². The third-order valence-electron chi connectivity index (χ3n) is 9.93. The van der Waals surface area contributed by atoms with Crippen LogP contribution in [0.1, 0.15) is 65.0 Å². The Kier molecular flexibility index (Phi) is 11.1. The monoisotopic (exact) mass is 756 g/mol. The Bertz CT molecular complexity index is 2240. The molecule has 2 unspecified atom stereocenters. The lowest BCUT2D eigenvalue weighted by atomic mass is 10.0. The summed E-state index contributed by atoms with van der Waals surface area (Å²) in [6.07, 6.45) is 9.10. The molecule has 0 fully saturated rings.